The van der Waals surface area contributed by atoms with Crippen molar-refractivity contribution in [3.05, 3.63) is 52.8 Å². The van der Waals surface area contributed by atoms with Gasteiger partial charge in [-0.2, -0.15) is 0 Å². The zero-order valence-corrected chi connectivity index (χ0v) is 15.1. The molecule has 7 heteroatoms. The molecule has 1 heterocycles. The van der Waals surface area contributed by atoms with E-state index in [1.54, 1.807) is 24.0 Å². The molecule has 0 fully saturated rings. The zero-order chi connectivity index (χ0) is 18.9. The molecule has 0 unspecified atom stereocenters. The molecule has 1 aromatic carbocycles. The molecular formula is C19H22N4O3. The average Bonchev–Trinajstić information content (AvgIpc) is 2.61. The van der Waals surface area contributed by atoms with Gasteiger partial charge in [0.05, 0.1) is 11.3 Å². The van der Waals surface area contributed by atoms with Crippen molar-refractivity contribution in [3.8, 4) is 0 Å². The van der Waals surface area contributed by atoms with Crippen molar-refractivity contribution >= 4 is 17.8 Å². The van der Waals surface area contributed by atoms with E-state index in [1.165, 1.54) is 6.20 Å². The number of rotatable bonds is 4. The number of nitrogens with zero attached hydrogens (tertiary/aromatic N) is 3. The molecule has 1 amide bonds. The van der Waals surface area contributed by atoms with Crippen LogP contribution in [-0.2, 0) is 16.8 Å². The Balaban J connectivity index is 1.98. The Morgan fingerprint density at radius 2 is 2.00 bits per heavy atom. The fraction of sp³-hybridized carbons (Fsp3) is 0.368. The highest BCUT2D eigenvalue weighted by molar-refractivity contribution is 5.99. The molecule has 136 valence electrons. The maximum absolute atomic E-state index is 12.9. The fourth-order valence-corrected chi connectivity index (χ4v) is 3.39. The Bertz CT molecular complexity index is 866. The van der Waals surface area contributed by atoms with Crippen LogP contribution in [0.1, 0.15) is 40.0 Å². The lowest BCUT2D eigenvalue weighted by Gasteiger charge is -2.36. The van der Waals surface area contributed by atoms with Gasteiger partial charge >= 0.3 is 5.97 Å². The third-order valence-electron chi connectivity index (χ3n) is 4.78. The number of hydrogen-bond acceptors (Lipinski definition) is 5. The number of carboxylic acids is 1. The first-order valence-corrected chi connectivity index (χ1v) is 8.50. The van der Waals surface area contributed by atoms with Crippen LogP contribution in [0.4, 0.5) is 5.95 Å². The minimum Gasteiger partial charge on any atom is -0.479 e. The van der Waals surface area contributed by atoms with E-state index in [2.05, 4.69) is 15.3 Å². The lowest BCUT2D eigenvalue weighted by Crippen LogP contribution is -2.53. The topological polar surface area (TPSA) is 95.4 Å². The molecule has 0 saturated heterocycles. The maximum atomic E-state index is 12.9. The Morgan fingerprint density at radius 1 is 1.27 bits per heavy atom. The summed E-state index contributed by atoms with van der Waals surface area (Å²) in [6, 6.07) is 7.38. The maximum Gasteiger partial charge on any atom is 0.334 e. The molecule has 2 N–H and O–H groups in total. The number of carbonyl (C=O) groups is 2. The van der Waals surface area contributed by atoms with Gasteiger partial charge in [-0.1, -0.05) is 24.3 Å². The minimum absolute atomic E-state index is 0.277. The summed E-state index contributed by atoms with van der Waals surface area (Å²) in [7, 11) is 3.62. The highest BCUT2D eigenvalue weighted by Crippen LogP contribution is 2.36. The van der Waals surface area contributed by atoms with Gasteiger partial charge in [-0.15, -0.1) is 0 Å². The Kier molecular flexibility index (Phi) is 4.63. The molecule has 0 spiro atoms. The molecule has 1 atom stereocenters. The fourth-order valence-electron chi connectivity index (χ4n) is 3.39. The molecular weight excluding hydrogens is 332 g/mol. The standard InChI is InChI=1S/C19H22N4O3/c1-12-14(11-20-18(21-12)23(2)3)16(24)22-19(17(25)26)10-6-8-13-7-4-5-9-15(13)19/h4-5,7,9,11H,6,8,10H2,1-3H3,(H,22,24)(H,25,26)/t19-/m1/s1. The van der Waals surface area contributed by atoms with Crippen molar-refractivity contribution in [2.75, 3.05) is 19.0 Å². The Morgan fingerprint density at radius 3 is 2.65 bits per heavy atom. The summed E-state index contributed by atoms with van der Waals surface area (Å²) in [5.41, 5.74) is 0.955. The normalized spacial score (nSPS) is 18.7. The highest BCUT2D eigenvalue weighted by atomic mass is 16.4. The van der Waals surface area contributed by atoms with Crippen LogP contribution in [0.2, 0.25) is 0 Å². The third-order valence-corrected chi connectivity index (χ3v) is 4.78. The van der Waals surface area contributed by atoms with Gasteiger partial charge in [0.2, 0.25) is 5.95 Å². The van der Waals surface area contributed by atoms with Crippen molar-refractivity contribution in [3.63, 3.8) is 0 Å². The van der Waals surface area contributed by atoms with Crippen LogP contribution in [0.3, 0.4) is 0 Å². The summed E-state index contributed by atoms with van der Waals surface area (Å²) in [5.74, 6) is -1.04. The van der Waals surface area contributed by atoms with Crippen molar-refractivity contribution in [1.82, 2.24) is 15.3 Å². The molecule has 1 aliphatic rings. The van der Waals surface area contributed by atoms with Crippen LogP contribution < -0.4 is 10.2 Å². The number of fused-ring (bicyclic) bond motifs is 1. The SMILES string of the molecule is Cc1nc(N(C)C)ncc1C(=O)N[C@]1(C(=O)O)CCCc2ccccc21. The van der Waals surface area contributed by atoms with Crippen molar-refractivity contribution in [2.24, 2.45) is 0 Å². The van der Waals surface area contributed by atoms with Crippen molar-refractivity contribution in [1.29, 1.82) is 0 Å². The number of aromatic nitrogens is 2. The molecule has 0 saturated carbocycles. The summed E-state index contributed by atoms with van der Waals surface area (Å²) < 4.78 is 0. The number of carboxylic acid groups (broad SMARTS) is 1. The third kappa shape index (κ3) is 3.00. The quantitative estimate of drug-likeness (QED) is 0.871. The van der Waals surface area contributed by atoms with Crippen molar-refractivity contribution < 1.29 is 14.7 Å². The average molecular weight is 354 g/mol. The van der Waals surface area contributed by atoms with E-state index in [9.17, 15) is 14.7 Å². The molecule has 1 aliphatic carbocycles. The number of nitrogens with one attached hydrogen (secondary N) is 1. The molecule has 0 radical (unpaired) electrons. The van der Waals surface area contributed by atoms with Gasteiger partial charge in [0.25, 0.3) is 5.91 Å². The first-order chi connectivity index (χ1) is 12.3. The van der Waals surface area contributed by atoms with Crippen LogP contribution in [0.25, 0.3) is 0 Å². The zero-order valence-electron chi connectivity index (χ0n) is 15.1. The summed E-state index contributed by atoms with van der Waals surface area (Å²) in [6.07, 6.45) is 3.29. The second kappa shape index (κ2) is 6.74. The predicted octanol–water partition coefficient (Wildman–Crippen LogP) is 1.90. The van der Waals surface area contributed by atoms with Gasteiger partial charge in [-0.25, -0.2) is 14.8 Å². The van der Waals surface area contributed by atoms with Crippen LogP contribution in [-0.4, -0.2) is 41.0 Å². The summed E-state index contributed by atoms with van der Waals surface area (Å²) in [6.45, 7) is 1.71. The number of amides is 1. The van der Waals surface area contributed by atoms with Gasteiger partial charge in [-0.05, 0) is 37.3 Å². The van der Waals surface area contributed by atoms with Gasteiger partial charge in [-0.3, -0.25) is 4.79 Å². The lowest BCUT2D eigenvalue weighted by molar-refractivity contribution is -0.145. The Labute approximate surface area is 152 Å². The molecule has 7 nitrogen and oxygen atoms in total. The number of aliphatic carboxylic acids is 1. The van der Waals surface area contributed by atoms with Gasteiger partial charge in [0.15, 0.2) is 5.54 Å². The second-order valence-electron chi connectivity index (χ2n) is 6.74. The van der Waals surface area contributed by atoms with E-state index < -0.39 is 17.4 Å². The van der Waals surface area contributed by atoms with Crippen molar-refractivity contribution in [2.45, 2.75) is 31.7 Å². The largest absolute Gasteiger partial charge is 0.479 e. The molecule has 0 bridgehead atoms. The monoisotopic (exact) mass is 354 g/mol. The van der Waals surface area contributed by atoms with E-state index in [0.29, 0.717) is 30.0 Å². The molecule has 3 rings (SSSR count). The highest BCUT2D eigenvalue weighted by Gasteiger charge is 2.45. The summed E-state index contributed by atoms with van der Waals surface area (Å²) in [4.78, 5) is 35.3. The van der Waals surface area contributed by atoms with E-state index in [1.807, 2.05) is 26.2 Å². The van der Waals surface area contributed by atoms with Gasteiger partial charge in [0.1, 0.15) is 0 Å². The van der Waals surface area contributed by atoms with E-state index in [0.717, 1.165) is 12.0 Å². The Hall–Kier alpha value is -2.96. The molecule has 2 aromatic rings. The first-order valence-electron chi connectivity index (χ1n) is 8.50. The van der Waals surface area contributed by atoms with Crippen LogP contribution in [0.15, 0.2) is 30.5 Å². The van der Waals surface area contributed by atoms with E-state index in [-0.39, 0.29) is 5.56 Å². The summed E-state index contributed by atoms with van der Waals surface area (Å²) >= 11 is 0. The number of aryl methyl sites for hydroxylation is 2. The van der Waals surface area contributed by atoms with Crippen LogP contribution >= 0.6 is 0 Å². The van der Waals surface area contributed by atoms with Crippen LogP contribution in [0.5, 0.6) is 0 Å². The number of benzene rings is 1. The first kappa shape index (κ1) is 17.8. The molecule has 1 aromatic heterocycles. The summed E-state index contributed by atoms with van der Waals surface area (Å²) in [5, 5.41) is 12.7. The lowest BCUT2D eigenvalue weighted by atomic mass is 9.76. The number of carbonyl (C=O) groups excluding carboxylic acids is 1. The molecule has 26 heavy (non-hydrogen) atoms. The predicted molar refractivity (Wildman–Crippen MR) is 97.3 cm³/mol. The molecule has 0 aliphatic heterocycles. The van der Waals surface area contributed by atoms with E-state index in [4.69, 9.17) is 0 Å². The minimum atomic E-state index is -1.43. The second-order valence-corrected chi connectivity index (χ2v) is 6.74. The van der Waals surface area contributed by atoms with Gasteiger partial charge in [0, 0.05) is 20.3 Å². The van der Waals surface area contributed by atoms with Crippen LogP contribution in [0, 0.1) is 6.92 Å². The number of anilines is 1. The van der Waals surface area contributed by atoms with E-state index >= 15 is 0 Å². The van der Waals surface area contributed by atoms with Gasteiger partial charge < -0.3 is 15.3 Å². The number of hydrogen-bond donors (Lipinski definition) is 2. The smallest absolute Gasteiger partial charge is 0.334 e.